The molecule has 1 atom stereocenters. The molecule has 1 fully saturated rings. The highest BCUT2D eigenvalue weighted by Crippen LogP contribution is 2.44. The van der Waals surface area contributed by atoms with E-state index in [1.165, 1.54) is 4.31 Å². The first-order valence-electron chi connectivity index (χ1n) is 22.5. The van der Waals surface area contributed by atoms with Gasteiger partial charge in [-0.05, 0) is 125 Å². The van der Waals surface area contributed by atoms with Crippen LogP contribution in [0.4, 0.5) is 17.1 Å². The van der Waals surface area contributed by atoms with Gasteiger partial charge in [0.1, 0.15) is 17.4 Å². The van der Waals surface area contributed by atoms with Crippen LogP contribution in [0.3, 0.4) is 0 Å². The van der Waals surface area contributed by atoms with E-state index < -0.39 is 32.1 Å². The molecular weight excluding hydrogens is 857 g/mol. The Morgan fingerprint density at radius 1 is 0.862 bits per heavy atom. The van der Waals surface area contributed by atoms with Crippen molar-refractivity contribution in [1.29, 1.82) is 0 Å². The maximum atomic E-state index is 14.7. The maximum absolute atomic E-state index is 14.7. The average Bonchev–Trinajstić information content (AvgIpc) is 3.28. The summed E-state index contributed by atoms with van der Waals surface area (Å²) in [6, 6.07) is 27.9. The summed E-state index contributed by atoms with van der Waals surface area (Å²) in [5.41, 5.74) is 8.74. The molecule has 0 aromatic heterocycles. The number of carbonyl (C=O) groups is 1. The van der Waals surface area contributed by atoms with Crippen molar-refractivity contribution in [3.63, 3.8) is 0 Å². The molecule has 0 amide bonds. The molecule has 1 unspecified atom stereocenters. The number of aryl methyl sites for hydroxylation is 4. The van der Waals surface area contributed by atoms with Crippen LogP contribution in [0.5, 0.6) is 0 Å². The summed E-state index contributed by atoms with van der Waals surface area (Å²) in [4.78, 5) is 17.6. The highest BCUT2D eigenvalue weighted by atomic mass is 32.2. The molecule has 7 rings (SSSR count). The van der Waals surface area contributed by atoms with Crippen LogP contribution in [0, 0.1) is 33.6 Å². The van der Waals surface area contributed by atoms with Gasteiger partial charge in [-0.25, -0.2) is 31.3 Å². The first-order valence-corrected chi connectivity index (χ1v) is 25.4. The van der Waals surface area contributed by atoms with Crippen molar-refractivity contribution < 1.29 is 30.8 Å². The minimum atomic E-state index is -4.02. The molecule has 0 spiro atoms. The molecule has 13 heteroatoms. The fourth-order valence-electron chi connectivity index (χ4n) is 8.58. The molecule has 2 aliphatic heterocycles. The van der Waals surface area contributed by atoms with Crippen molar-refractivity contribution in [1.82, 2.24) is 9.03 Å². The Balaban J connectivity index is 1.32. The number of carbonyl (C=O) groups excluding carboxylic acids is 1. The third-order valence-corrected chi connectivity index (χ3v) is 15.7. The van der Waals surface area contributed by atoms with E-state index in [0.717, 1.165) is 53.6 Å². The number of anilines is 2. The lowest BCUT2D eigenvalue weighted by molar-refractivity contribution is -0.145. The number of rotatable bonds is 16. The average molecular weight is 917 g/mol. The number of esters is 1. The minimum Gasteiger partial charge on any atom is -0.459 e. The molecule has 3 aliphatic rings. The van der Waals surface area contributed by atoms with Crippen molar-refractivity contribution in [3.05, 3.63) is 131 Å². The monoisotopic (exact) mass is 916 g/mol. The summed E-state index contributed by atoms with van der Waals surface area (Å²) in [6.07, 6.45) is 4.35. The smallest absolute Gasteiger partial charge is 0.333 e. The van der Waals surface area contributed by atoms with Gasteiger partial charge in [-0.3, -0.25) is 0 Å². The molecule has 1 aliphatic carbocycles. The van der Waals surface area contributed by atoms with Gasteiger partial charge in [0.15, 0.2) is 0 Å². The number of benzene rings is 5. The van der Waals surface area contributed by atoms with Crippen LogP contribution in [0.25, 0.3) is 33.4 Å². The number of nitrogens with zero attached hydrogens (tertiary/aromatic N) is 2. The van der Waals surface area contributed by atoms with Gasteiger partial charge in [0.05, 0.1) is 20.8 Å². The number of unbranched alkanes of at least 4 members (excludes halogenated alkanes) is 1. The second-order valence-electron chi connectivity index (χ2n) is 17.3. The van der Waals surface area contributed by atoms with Crippen LogP contribution >= 0.6 is 0 Å². The third-order valence-electron chi connectivity index (χ3n) is 12.4. The second-order valence-corrected chi connectivity index (χ2v) is 21.0. The third kappa shape index (κ3) is 10.4. The van der Waals surface area contributed by atoms with E-state index in [1.807, 2.05) is 68.4 Å². The second kappa shape index (κ2) is 19.9. The van der Waals surface area contributed by atoms with Gasteiger partial charge in [-0.1, -0.05) is 76.1 Å². The number of sulfonamides is 2. The number of nitrogens with one attached hydrogen (secondary N) is 2. The largest absolute Gasteiger partial charge is 0.459 e. The molecule has 11 nitrogen and oxygen atoms in total. The highest BCUT2D eigenvalue weighted by Gasteiger charge is 2.34. The molecule has 0 bridgehead atoms. The summed E-state index contributed by atoms with van der Waals surface area (Å²) in [7, 11) is -7.77. The minimum absolute atomic E-state index is 0.152. The van der Waals surface area contributed by atoms with Crippen molar-refractivity contribution in [3.8, 4) is 22.5 Å². The van der Waals surface area contributed by atoms with Crippen molar-refractivity contribution in [2.75, 3.05) is 25.0 Å². The molecule has 65 heavy (non-hydrogen) atoms. The normalized spacial score (nSPS) is 14.8. The Labute approximate surface area is 384 Å². The van der Waals surface area contributed by atoms with Gasteiger partial charge in [0, 0.05) is 70.8 Å². The van der Waals surface area contributed by atoms with Gasteiger partial charge in [-0.2, -0.15) is 4.31 Å². The van der Waals surface area contributed by atoms with Gasteiger partial charge in [0.2, 0.25) is 20.0 Å². The van der Waals surface area contributed by atoms with E-state index in [4.69, 9.17) is 14.1 Å². The number of hydrogen-bond acceptors (Lipinski definition) is 9. The fraction of sp³-hybridized carbons (Fsp3) is 0.346. The Bertz CT molecular complexity index is 2980. The molecule has 342 valence electrons. The van der Waals surface area contributed by atoms with E-state index in [-0.39, 0.29) is 28.8 Å². The van der Waals surface area contributed by atoms with Crippen molar-refractivity contribution in [2.45, 2.75) is 103 Å². The van der Waals surface area contributed by atoms with Gasteiger partial charge in [0.25, 0.3) is 0 Å². The van der Waals surface area contributed by atoms with Crippen LogP contribution in [0.15, 0.2) is 122 Å². The molecule has 2 heterocycles. The van der Waals surface area contributed by atoms with Crippen LogP contribution in [0.1, 0.15) is 81.5 Å². The maximum Gasteiger partial charge on any atom is 0.333 e. The zero-order valence-corrected chi connectivity index (χ0v) is 40.1. The number of piperidine rings is 1. The zero-order chi connectivity index (χ0) is 46.6. The van der Waals surface area contributed by atoms with E-state index in [0.29, 0.717) is 75.2 Å². The van der Waals surface area contributed by atoms with Crippen molar-refractivity contribution in [2.24, 2.45) is 10.9 Å². The number of para-hydroxylation sites is 1. The van der Waals surface area contributed by atoms with Crippen molar-refractivity contribution >= 4 is 54.0 Å². The van der Waals surface area contributed by atoms with Gasteiger partial charge < -0.3 is 14.5 Å². The van der Waals surface area contributed by atoms with E-state index in [1.54, 1.807) is 31.2 Å². The molecule has 2 N–H and O–H groups in total. The van der Waals surface area contributed by atoms with Crippen LogP contribution in [-0.4, -0.2) is 52.8 Å². The molecule has 4 aromatic rings. The summed E-state index contributed by atoms with van der Waals surface area (Å²) >= 11 is 0. The topological polar surface area (TPSA) is 147 Å². The lowest BCUT2D eigenvalue weighted by atomic mass is 9.93. The number of hydrogen-bond donors (Lipinski definition) is 2. The van der Waals surface area contributed by atoms with Gasteiger partial charge >= 0.3 is 5.97 Å². The SMILES string of the molecule is C=C(C)C(=O)OC1CCN(S(=O)(=O)c2ccccc2-c2c3ccc(=Nc4c(C)cc(S(=O)(=O)NCC(CC)CCCC)cc4C)cc-3oc3cc(Nc4c(C)cccc4C)ccc23)CC1. The summed E-state index contributed by atoms with van der Waals surface area (Å²) in [5, 5.41) is 4.87. The van der Waals surface area contributed by atoms with E-state index in [2.05, 4.69) is 56.4 Å². The molecule has 0 saturated carbocycles. The number of ether oxygens (including phenoxy) is 1. The summed E-state index contributed by atoms with van der Waals surface area (Å²) in [5.74, 6) is 0.283. The Hall–Kier alpha value is -5.60. The summed E-state index contributed by atoms with van der Waals surface area (Å²) < 4.78 is 72.9. The lowest BCUT2D eigenvalue weighted by Crippen LogP contribution is -2.41. The quantitative estimate of drug-likeness (QED) is 0.0554. The Morgan fingerprint density at radius 3 is 2.22 bits per heavy atom. The first-order chi connectivity index (χ1) is 31.0. The van der Waals surface area contributed by atoms with Crippen LogP contribution in [0.2, 0.25) is 0 Å². The van der Waals surface area contributed by atoms with E-state index >= 15 is 0 Å². The Kier molecular flexibility index (Phi) is 14.5. The standard InChI is InChI=1S/C52H60N4O7S2/c1-9-11-17-38(10-2)32-53-64(58,59)42-28-36(7)51(37(8)29-42)55-40-21-23-44-47(31-40)63-46-30-39(54-50-34(5)15-14-16-35(50)6)20-22-43(46)49(44)45-18-12-13-19-48(45)65(60,61)56-26-24-41(25-27-56)62-52(57)33(3)4/h12-16,18-23,28-31,38,41,53-54H,3,9-11,17,24-27,32H2,1-2,4-8H3. The van der Waals surface area contributed by atoms with Crippen LogP contribution < -0.4 is 15.4 Å². The molecule has 0 radical (unpaired) electrons. The van der Waals surface area contributed by atoms with Gasteiger partial charge in [-0.15, -0.1) is 0 Å². The predicted octanol–water partition coefficient (Wildman–Crippen LogP) is 11.2. The first kappa shape index (κ1) is 47.4. The fourth-order valence-corrected chi connectivity index (χ4v) is 11.5. The van der Waals surface area contributed by atoms with Crippen LogP contribution in [-0.2, 0) is 29.6 Å². The van der Waals surface area contributed by atoms with E-state index in [9.17, 15) is 21.6 Å². The zero-order valence-electron chi connectivity index (χ0n) is 38.5. The Morgan fingerprint density at radius 2 is 1.55 bits per heavy atom. The number of fused-ring (bicyclic) bond motifs is 2. The molecular formula is C52H60N4O7S2. The molecule has 1 saturated heterocycles. The highest BCUT2D eigenvalue weighted by molar-refractivity contribution is 7.89. The lowest BCUT2D eigenvalue weighted by Gasteiger charge is -2.31. The molecule has 4 aromatic carbocycles. The predicted molar refractivity (Wildman–Crippen MR) is 260 cm³/mol. The summed E-state index contributed by atoms with van der Waals surface area (Å²) in [6.45, 7) is 18.1.